The summed E-state index contributed by atoms with van der Waals surface area (Å²) in [5, 5.41) is 0. The molecule has 1 radical (unpaired) electrons. The van der Waals surface area contributed by atoms with Crippen molar-refractivity contribution in [3.05, 3.63) is 28.5 Å². The van der Waals surface area contributed by atoms with E-state index in [1.807, 2.05) is 0 Å². The smallest absolute Gasteiger partial charge is 0.179 e. The van der Waals surface area contributed by atoms with Gasteiger partial charge in [-0.2, -0.15) is 0 Å². The van der Waals surface area contributed by atoms with Gasteiger partial charge in [-0.3, -0.25) is 0 Å². The van der Waals surface area contributed by atoms with Gasteiger partial charge < -0.3 is 4.74 Å². The second kappa shape index (κ2) is 3.72. The van der Waals surface area contributed by atoms with E-state index in [2.05, 4.69) is 22.0 Å². The number of benzene rings is 1. The molecule has 0 saturated carbocycles. The van der Waals surface area contributed by atoms with Crippen molar-refractivity contribution in [3.63, 3.8) is 0 Å². The summed E-state index contributed by atoms with van der Waals surface area (Å²) in [5.74, 6) is -0.226. The minimum atomic E-state index is -0.394. The van der Waals surface area contributed by atoms with Crippen LogP contribution in [-0.4, -0.2) is 6.61 Å². The molecule has 0 amide bonds. The molecule has 0 aromatic heterocycles. The minimum Gasteiger partial charge on any atom is -0.490 e. The molecule has 0 N–H and O–H groups in total. The Morgan fingerprint density at radius 2 is 2.45 bits per heavy atom. The van der Waals surface area contributed by atoms with Gasteiger partial charge in [0.15, 0.2) is 11.6 Å². The van der Waals surface area contributed by atoms with Crippen LogP contribution >= 0.6 is 15.9 Å². The van der Waals surface area contributed by atoms with Gasteiger partial charge in [-0.25, -0.2) is 4.39 Å². The SMILES string of the molecule is CCOc1[c]ccc(Br)c1F. The van der Waals surface area contributed by atoms with Crippen LogP contribution in [0.3, 0.4) is 0 Å². The highest BCUT2D eigenvalue weighted by Gasteiger charge is 2.05. The van der Waals surface area contributed by atoms with Gasteiger partial charge in [0.1, 0.15) is 0 Å². The first-order chi connectivity index (χ1) is 5.25. The number of hydrogen-bond donors (Lipinski definition) is 0. The molecule has 0 unspecified atom stereocenters. The minimum absolute atomic E-state index is 0.168. The summed E-state index contributed by atoms with van der Waals surface area (Å²) in [5.41, 5.74) is 0. The van der Waals surface area contributed by atoms with Crippen molar-refractivity contribution >= 4 is 15.9 Å². The maximum atomic E-state index is 13.0. The van der Waals surface area contributed by atoms with E-state index in [-0.39, 0.29) is 5.75 Å². The Morgan fingerprint density at radius 3 is 3.09 bits per heavy atom. The van der Waals surface area contributed by atoms with Crippen molar-refractivity contribution in [2.45, 2.75) is 6.92 Å². The van der Waals surface area contributed by atoms with Gasteiger partial charge in [-0.05, 0) is 35.0 Å². The molecule has 0 heterocycles. The topological polar surface area (TPSA) is 9.23 Å². The van der Waals surface area contributed by atoms with Gasteiger partial charge in [0.2, 0.25) is 0 Å². The Balaban J connectivity index is 2.96. The van der Waals surface area contributed by atoms with E-state index in [0.29, 0.717) is 11.1 Å². The van der Waals surface area contributed by atoms with Crippen LogP contribution in [0.4, 0.5) is 4.39 Å². The second-order valence-electron chi connectivity index (χ2n) is 1.90. The fourth-order valence-electron chi connectivity index (χ4n) is 0.685. The van der Waals surface area contributed by atoms with Crippen LogP contribution in [0.2, 0.25) is 0 Å². The summed E-state index contributed by atoms with van der Waals surface area (Å²) < 4.78 is 18.3. The van der Waals surface area contributed by atoms with Crippen LogP contribution in [0.1, 0.15) is 6.92 Å². The van der Waals surface area contributed by atoms with E-state index in [1.54, 1.807) is 19.1 Å². The highest BCUT2D eigenvalue weighted by molar-refractivity contribution is 9.10. The fourth-order valence-corrected chi connectivity index (χ4v) is 0.997. The Bertz CT molecular complexity index is 250. The first kappa shape index (κ1) is 8.53. The predicted octanol–water partition coefficient (Wildman–Crippen LogP) is 2.79. The van der Waals surface area contributed by atoms with Crippen LogP contribution in [0.15, 0.2) is 16.6 Å². The first-order valence-corrected chi connectivity index (χ1v) is 4.03. The number of ether oxygens (including phenoxy) is 1. The monoisotopic (exact) mass is 217 g/mol. The largest absolute Gasteiger partial charge is 0.490 e. The number of hydrogen-bond acceptors (Lipinski definition) is 1. The molecule has 0 saturated heterocycles. The molecular formula is C8H7BrFO. The van der Waals surface area contributed by atoms with Crippen LogP contribution in [0, 0.1) is 11.9 Å². The zero-order chi connectivity index (χ0) is 8.27. The summed E-state index contributed by atoms with van der Waals surface area (Å²) >= 11 is 3.04. The van der Waals surface area contributed by atoms with Gasteiger partial charge in [-0.15, -0.1) is 0 Å². The van der Waals surface area contributed by atoms with E-state index in [9.17, 15) is 4.39 Å². The van der Waals surface area contributed by atoms with E-state index in [4.69, 9.17) is 4.74 Å². The molecule has 1 nitrogen and oxygen atoms in total. The summed E-state index contributed by atoms with van der Waals surface area (Å²) in [4.78, 5) is 0. The molecule has 0 aliphatic carbocycles. The summed E-state index contributed by atoms with van der Waals surface area (Å²) in [6.07, 6.45) is 0. The molecule has 11 heavy (non-hydrogen) atoms. The lowest BCUT2D eigenvalue weighted by atomic mass is 10.3. The van der Waals surface area contributed by atoms with Gasteiger partial charge >= 0.3 is 0 Å². The molecule has 0 fully saturated rings. The molecule has 1 aromatic carbocycles. The van der Waals surface area contributed by atoms with E-state index in [0.717, 1.165) is 0 Å². The third-order valence-corrected chi connectivity index (χ3v) is 1.75. The van der Waals surface area contributed by atoms with Crippen molar-refractivity contribution < 1.29 is 9.13 Å². The number of rotatable bonds is 2. The third kappa shape index (κ3) is 1.93. The molecule has 3 heteroatoms. The van der Waals surface area contributed by atoms with Gasteiger partial charge in [0, 0.05) is 6.07 Å². The quantitative estimate of drug-likeness (QED) is 0.741. The van der Waals surface area contributed by atoms with Crippen molar-refractivity contribution in [1.29, 1.82) is 0 Å². The Labute approximate surface area is 73.3 Å². The van der Waals surface area contributed by atoms with E-state index < -0.39 is 5.82 Å². The summed E-state index contributed by atoms with van der Waals surface area (Å²) in [7, 11) is 0. The standard InChI is InChI=1S/C8H7BrFO/c1-2-11-7-5-3-4-6(9)8(7)10/h3-4H,2H2,1H3. The molecule has 0 aliphatic heterocycles. The van der Waals surface area contributed by atoms with Crippen molar-refractivity contribution in [1.82, 2.24) is 0 Å². The average molecular weight is 218 g/mol. The van der Waals surface area contributed by atoms with E-state index in [1.165, 1.54) is 0 Å². The maximum absolute atomic E-state index is 13.0. The molecule has 59 valence electrons. The Kier molecular flexibility index (Phi) is 2.88. The van der Waals surface area contributed by atoms with Gasteiger partial charge in [-0.1, -0.05) is 0 Å². The van der Waals surface area contributed by atoms with Crippen LogP contribution in [0.25, 0.3) is 0 Å². The molecular weight excluding hydrogens is 211 g/mol. The summed E-state index contributed by atoms with van der Waals surface area (Å²) in [6.45, 7) is 2.25. The molecule has 0 atom stereocenters. The molecule has 0 spiro atoms. The molecule has 0 bridgehead atoms. The van der Waals surface area contributed by atoms with Crippen LogP contribution in [0.5, 0.6) is 5.75 Å². The lowest BCUT2D eigenvalue weighted by Gasteiger charge is -2.03. The zero-order valence-corrected chi connectivity index (χ0v) is 7.61. The predicted molar refractivity (Wildman–Crippen MR) is 44.1 cm³/mol. The van der Waals surface area contributed by atoms with Crippen molar-refractivity contribution in [3.8, 4) is 5.75 Å². The highest BCUT2D eigenvalue weighted by Crippen LogP contribution is 2.23. The van der Waals surface area contributed by atoms with Gasteiger partial charge in [0.25, 0.3) is 0 Å². The molecule has 1 rings (SSSR count). The maximum Gasteiger partial charge on any atom is 0.179 e. The normalized spacial score (nSPS) is 9.73. The van der Waals surface area contributed by atoms with E-state index >= 15 is 0 Å². The second-order valence-corrected chi connectivity index (χ2v) is 2.76. The first-order valence-electron chi connectivity index (χ1n) is 3.24. The lowest BCUT2D eigenvalue weighted by molar-refractivity contribution is 0.320. The Hall–Kier alpha value is -0.570. The molecule has 0 aliphatic rings. The average Bonchev–Trinajstić information content (AvgIpc) is 1.99. The fraction of sp³-hybridized carbons (Fsp3) is 0.250. The van der Waals surface area contributed by atoms with Gasteiger partial charge in [0.05, 0.1) is 11.1 Å². The van der Waals surface area contributed by atoms with Crippen LogP contribution < -0.4 is 4.74 Å². The van der Waals surface area contributed by atoms with Crippen molar-refractivity contribution in [2.75, 3.05) is 6.61 Å². The zero-order valence-electron chi connectivity index (χ0n) is 6.03. The third-order valence-electron chi connectivity index (χ3n) is 1.14. The Morgan fingerprint density at radius 1 is 1.73 bits per heavy atom. The molecule has 1 aromatic rings. The number of halogens is 2. The highest BCUT2D eigenvalue weighted by atomic mass is 79.9. The lowest BCUT2D eigenvalue weighted by Crippen LogP contribution is -1.94. The van der Waals surface area contributed by atoms with Crippen LogP contribution in [-0.2, 0) is 0 Å². The van der Waals surface area contributed by atoms with Crippen molar-refractivity contribution in [2.24, 2.45) is 0 Å². The summed E-state index contributed by atoms with van der Waals surface area (Å²) in [6, 6.07) is 5.84.